The van der Waals surface area contributed by atoms with Gasteiger partial charge in [-0.25, -0.2) is 4.98 Å². The van der Waals surface area contributed by atoms with Crippen LogP contribution in [0, 0.1) is 0 Å². The van der Waals surface area contributed by atoms with Crippen LogP contribution >= 0.6 is 0 Å². The van der Waals surface area contributed by atoms with Gasteiger partial charge in [-0.1, -0.05) is 0 Å². The highest BCUT2D eigenvalue weighted by atomic mass is 16.4. The summed E-state index contributed by atoms with van der Waals surface area (Å²) in [7, 11) is 0. The number of hydrogen-bond donors (Lipinski definition) is 2. The normalized spacial score (nSPS) is 21.1. The molecular weight excluding hydrogens is 146 g/mol. The molecule has 0 saturated carbocycles. The van der Waals surface area contributed by atoms with E-state index in [1.807, 2.05) is 0 Å². The lowest BCUT2D eigenvalue weighted by Gasteiger charge is -1.82. The van der Waals surface area contributed by atoms with Crippen LogP contribution in [0.25, 0.3) is 0 Å². The highest BCUT2D eigenvalue weighted by molar-refractivity contribution is 5.78. The molecule has 0 spiro atoms. The first kappa shape index (κ1) is 6.09. The lowest BCUT2D eigenvalue weighted by atomic mass is 10.3. The predicted octanol–water partition coefficient (Wildman–Crippen LogP) is 0.226. The zero-order chi connectivity index (χ0) is 7.84. The van der Waals surface area contributed by atoms with Gasteiger partial charge in [0.15, 0.2) is 0 Å². The summed E-state index contributed by atoms with van der Waals surface area (Å²) in [6.45, 7) is 0. The fourth-order valence-corrected chi connectivity index (χ4v) is 0.955. The van der Waals surface area contributed by atoms with Gasteiger partial charge in [-0.15, -0.1) is 4.58 Å². The Labute approximate surface area is 62.0 Å². The Bertz CT molecular complexity index is 315. The number of imidazole rings is 1. The topological polar surface area (TPSA) is 69.0 Å². The Balaban J connectivity index is 2.11. The molecule has 11 heavy (non-hydrogen) atoms. The van der Waals surface area contributed by atoms with Crippen LogP contribution in [0.15, 0.2) is 12.5 Å². The summed E-state index contributed by atoms with van der Waals surface area (Å²) in [6, 6.07) is -0.116. The van der Waals surface area contributed by atoms with Gasteiger partial charge in [0.05, 0.1) is 12.5 Å². The monoisotopic (exact) mass is 152 g/mol. The molecule has 5 heteroatoms. The summed E-state index contributed by atoms with van der Waals surface area (Å²) in [5, 5.41) is 8.48. The van der Waals surface area contributed by atoms with E-state index in [4.69, 9.17) is 5.11 Å². The smallest absolute Gasteiger partial charge is 0.427 e. The maximum atomic E-state index is 10.3. The van der Waals surface area contributed by atoms with Crippen molar-refractivity contribution in [3.8, 4) is 0 Å². The minimum Gasteiger partial charge on any atom is -0.427 e. The van der Waals surface area contributed by atoms with Gasteiger partial charge in [0.25, 0.3) is 6.04 Å². The quantitative estimate of drug-likeness (QED) is 0.566. The maximum absolute atomic E-state index is 10.3. The zero-order valence-corrected chi connectivity index (χ0v) is 5.56. The highest BCUT2D eigenvalue weighted by Gasteiger charge is 2.44. The predicted molar refractivity (Wildman–Crippen MR) is 35.7 cm³/mol. The molecule has 1 atom stereocenters. The number of nitrogens with one attached hydrogen (secondary N) is 1. The molecule has 5 nitrogen and oxygen atoms in total. The molecule has 56 valence electrons. The van der Waals surface area contributed by atoms with Gasteiger partial charge in [-0.05, 0) is 0 Å². The van der Waals surface area contributed by atoms with Crippen LogP contribution in [0.3, 0.4) is 0 Å². The number of H-pyrrole nitrogens is 1. The van der Waals surface area contributed by atoms with Crippen molar-refractivity contribution in [2.24, 2.45) is 0 Å². The number of aromatic amines is 1. The average Bonchev–Trinajstić information content (AvgIpc) is 2.60. The number of aromatic nitrogens is 2. The fraction of sp³-hybridized carbons (Fsp3) is 0.167. The molecule has 2 N–H and O–H groups in total. The fourth-order valence-electron chi connectivity index (χ4n) is 0.955. The molecule has 0 aliphatic carbocycles. The summed E-state index contributed by atoms with van der Waals surface area (Å²) < 4.78 is 1.22. The summed E-state index contributed by atoms with van der Waals surface area (Å²) in [5.74, 6) is 0. The van der Waals surface area contributed by atoms with Gasteiger partial charge in [0.2, 0.25) is 6.21 Å². The van der Waals surface area contributed by atoms with Crippen molar-refractivity contribution in [1.29, 1.82) is 0 Å². The van der Waals surface area contributed by atoms with Crippen LogP contribution < -0.4 is 0 Å². The average molecular weight is 152 g/mol. The second kappa shape index (κ2) is 1.91. The van der Waals surface area contributed by atoms with E-state index < -0.39 is 6.09 Å². The molecule has 1 aromatic heterocycles. The van der Waals surface area contributed by atoms with Crippen molar-refractivity contribution in [3.63, 3.8) is 0 Å². The summed E-state index contributed by atoms with van der Waals surface area (Å²) in [4.78, 5) is 16.9. The Hall–Kier alpha value is -1.65. The Kier molecular flexibility index (Phi) is 1.06. The van der Waals surface area contributed by atoms with Crippen LogP contribution in [0.1, 0.15) is 11.7 Å². The van der Waals surface area contributed by atoms with Crippen LogP contribution in [-0.2, 0) is 0 Å². The van der Waals surface area contributed by atoms with Gasteiger partial charge in [0.1, 0.15) is 5.69 Å². The van der Waals surface area contributed by atoms with E-state index in [9.17, 15) is 4.79 Å². The van der Waals surface area contributed by atoms with E-state index in [0.29, 0.717) is 0 Å². The van der Waals surface area contributed by atoms with Gasteiger partial charge in [-0.2, -0.15) is 4.79 Å². The van der Waals surface area contributed by atoms with Gasteiger partial charge in [-0.3, -0.25) is 0 Å². The van der Waals surface area contributed by atoms with Crippen molar-refractivity contribution in [1.82, 2.24) is 9.97 Å². The number of nitrogens with zero attached hydrogens (tertiary/aromatic N) is 2. The van der Waals surface area contributed by atoms with Crippen LogP contribution in [0.2, 0.25) is 0 Å². The molecule has 0 radical (unpaired) electrons. The lowest BCUT2D eigenvalue weighted by Crippen LogP contribution is -2.04. The summed E-state index contributed by atoms with van der Waals surface area (Å²) in [6.07, 6.45) is 3.83. The zero-order valence-electron chi connectivity index (χ0n) is 5.56. The molecular formula is C6H6N3O2+. The molecule has 0 saturated heterocycles. The third kappa shape index (κ3) is 0.899. The van der Waals surface area contributed by atoms with Gasteiger partial charge < -0.3 is 10.1 Å². The second-order valence-corrected chi connectivity index (χ2v) is 2.29. The standard InChI is InChI=1S/C6H5N3O2/c10-6(11)9-2-5(9)4-1-7-3-8-4/h1-3,5H,(H-,7,8,10,11)/p+1. The van der Waals surface area contributed by atoms with E-state index in [2.05, 4.69) is 9.97 Å². The van der Waals surface area contributed by atoms with Crippen molar-refractivity contribution in [2.75, 3.05) is 0 Å². The van der Waals surface area contributed by atoms with Gasteiger partial charge >= 0.3 is 6.09 Å². The summed E-state index contributed by atoms with van der Waals surface area (Å²) in [5.41, 5.74) is 0.812. The number of amides is 1. The molecule has 0 fully saturated rings. The third-order valence-corrected chi connectivity index (χ3v) is 1.57. The SMILES string of the molecule is O=C(O)[N+]1=CC1c1cnc[nH]1. The van der Waals surface area contributed by atoms with E-state index in [1.54, 1.807) is 12.4 Å². The van der Waals surface area contributed by atoms with Crippen LogP contribution in [0.4, 0.5) is 4.79 Å². The van der Waals surface area contributed by atoms with Crippen molar-refractivity contribution < 1.29 is 14.5 Å². The first-order valence-corrected chi connectivity index (χ1v) is 3.13. The van der Waals surface area contributed by atoms with Crippen molar-refractivity contribution in [2.45, 2.75) is 6.04 Å². The lowest BCUT2D eigenvalue weighted by molar-refractivity contribution is -0.389. The molecule has 2 rings (SSSR count). The highest BCUT2D eigenvalue weighted by Crippen LogP contribution is 2.21. The number of rotatable bonds is 1. The maximum Gasteiger partial charge on any atom is 0.594 e. The Morgan fingerprint density at radius 1 is 1.82 bits per heavy atom. The minimum atomic E-state index is -0.926. The third-order valence-electron chi connectivity index (χ3n) is 1.57. The molecule has 2 heterocycles. The Morgan fingerprint density at radius 2 is 2.64 bits per heavy atom. The van der Waals surface area contributed by atoms with E-state index >= 15 is 0 Å². The molecule has 1 aliphatic heterocycles. The van der Waals surface area contributed by atoms with E-state index in [0.717, 1.165) is 5.69 Å². The first-order chi connectivity index (χ1) is 5.29. The first-order valence-electron chi connectivity index (χ1n) is 3.13. The molecule has 1 aromatic rings. The van der Waals surface area contributed by atoms with E-state index in [-0.39, 0.29) is 6.04 Å². The number of carbonyl (C=O) groups is 1. The Morgan fingerprint density at radius 3 is 3.09 bits per heavy atom. The van der Waals surface area contributed by atoms with Crippen molar-refractivity contribution >= 4 is 12.3 Å². The number of carboxylic acid groups (broad SMARTS) is 1. The number of hydrogen-bond acceptors (Lipinski definition) is 2. The van der Waals surface area contributed by atoms with Gasteiger partial charge in [0, 0.05) is 0 Å². The molecule has 0 aromatic carbocycles. The second-order valence-electron chi connectivity index (χ2n) is 2.29. The molecule has 0 bridgehead atoms. The van der Waals surface area contributed by atoms with Crippen LogP contribution in [0.5, 0.6) is 0 Å². The van der Waals surface area contributed by atoms with E-state index in [1.165, 1.54) is 10.9 Å². The molecule has 1 aliphatic rings. The summed E-state index contributed by atoms with van der Waals surface area (Å²) >= 11 is 0. The minimum absolute atomic E-state index is 0.116. The largest absolute Gasteiger partial charge is 0.594 e. The molecule has 1 unspecified atom stereocenters. The van der Waals surface area contributed by atoms with Crippen LogP contribution in [-0.4, -0.2) is 32.0 Å². The molecule has 1 amide bonds. The van der Waals surface area contributed by atoms with Crippen molar-refractivity contribution in [3.05, 3.63) is 18.2 Å².